The first-order valence-electron chi connectivity index (χ1n) is 8.14. The van der Waals surface area contributed by atoms with E-state index in [0.717, 1.165) is 31.8 Å². The first-order valence-corrected chi connectivity index (χ1v) is 8.14. The number of nitriles is 2. The van der Waals surface area contributed by atoms with E-state index in [9.17, 15) is 0 Å². The summed E-state index contributed by atoms with van der Waals surface area (Å²) in [5, 5.41) is 21.5. The molecule has 22 heavy (non-hydrogen) atoms. The molecule has 1 aliphatic rings. The molecule has 0 spiro atoms. The first-order chi connectivity index (χ1) is 10.7. The summed E-state index contributed by atoms with van der Waals surface area (Å²) in [5.41, 5.74) is 1.77. The number of piperidine rings is 1. The van der Waals surface area contributed by atoms with E-state index in [0.29, 0.717) is 16.8 Å². The van der Waals surface area contributed by atoms with E-state index in [2.05, 4.69) is 29.3 Å². The van der Waals surface area contributed by atoms with Gasteiger partial charge in [0.05, 0.1) is 16.8 Å². The largest absolute Gasteiger partial charge is 0.383 e. The molecule has 1 unspecified atom stereocenters. The van der Waals surface area contributed by atoms with Crippen molar-refractivity contribution < 1.29 is 0 Å². The number of nitrogens with one attached hydrogen (secondary N) is 1. The monoisotopic (exact) mass is 296 g/mol. The van der Waals surface area contributed by atoms with Crippen molar-refractivity contribution in [2.45, 2.75) is 32.6 Å². The number of unbranched alkanes of at least 4 members (excludes halogenated alkanes) is 1. The van der Waals surface area contributed by atoms with E-state index in [1.807, 2.05) is 0 Å². The minimum absolute atomic E-state index is 0.545. The van der Waals surface area contributed by atoms with Crippen molar-refractivity contribution in [1.82, 2.24) is 4.90 Å². The SMILES string of the molecule is CC1CCCN(CCCCNc2c(C#N)cccc2C#N)C1. The Balaban J connectivity index is 1.75. The molecule has 1 saturated heterocycles. The van der Waals surface area contributed by atoms with Gasteiger partial charge in [-0.05, 0) is 56.8 Å². The third-order valence-corrected chi connectivity index (χ3v) is 4.25. The standard InChI is InChI=1S/C18H24N4/c1-15-6-5-11-22(14-15)10-3-2-9-21-18-16(12-19)7-4-8-17(18)13-20/h4,7-8,15,21H,2-3,5-6,9-11,14H2,1H3. The highest BCUT2D eigenvalue weighted by Crippen LogP contribution is 2.20. The number of benzene rings is 1. The van der Waals surface area contributed by atoms with Crippen molar-refractivity contribution in [3.05, 3.63) is 29.3 Å². The quantitative estimate of drug-likeness (QED) is 0.818. The van der Waals surface area contributed by atoms with Crippen molar-refractivity contribution in [3.63, 3.8) is 0 Å². The van der Waals surface area contributed by atoms with Gasteiger partial charge in [-0.3, -0.25) is 0 Å². The zero-order valence-corrected chi connectivity index (χ0v) is 13.3. The van der Waals surface area contributed by atoms with Crippen LogP contribution in [-0.4, -0.2) is 31.1 Å². The van der Waals surface area contributed by atoms with Crippen molar-refractivity contribution in [3.8, 4) is 12.1 Å². The van der Waals surface area contributed by atoms with Crippen molar-refractivity contribution in [2.24, 2.45) is 5.92 Å². The van der Waals surface area contributed by atoms with Crippen LogP contribution in [0, 0.1) is 28.6 Å². The van der Waals surface area contributed by atoms with Gasteiger partial charge in [0.2, 0.25) is 0 Å². The molecular weight excluding hydrogens is 272 g/mol. The van der Waals surface area contributed by atoms with Crippen LogP contribution in [0.1, 0.15) is 43.7 Å². The summed E-state index contributed by atoms with van der Waals surface area (Å²) in [7, 11) is 0. The highest BCUT2D eigenvalue weighted by molar-refractivity contribution is 5.66. The molecule has 116 valence electrons. The highest BCUT2D eigenvalue weighted by Gasteiger charge is 2.15. The Bertz CT molecular complexity index is 535. The predicted octanol–water partition coefficient (Wildman–Crippen LogP) is 3.35. The molecule has 4 heteroatoms. The van der Waals surface area contributed by atoms with Gasteiger partial charge < -0.3 is 10.2 Å². The lowest BCUT2D eigenvalue weighted by Crippen LogP contribution is -2.35. The molecule has 2 rings (SSSR count). The lowest BCUT2D eigenvalue weighted by molar-refractivity contribution is 0.181. The summed E-state index contributed by atoms with van der Waals surface area (Å²) in [4.78, 5) is 2.55. The van der Waals surface area contributed by atoms with E-state index >= 15 is 0 Å². The Hall–Kier alpha value is -2.04. The molecule has 1 aromatic carbocycles. The minimum atomic E-state index is 0.545. The molecule has 0 radical (unpaired) electrons. The number of hydrogen-bond acceptors (Lipinski definition) is 4. The van der Waals surface area contributed by atoms with Gasteiger partial charge in [-0.15, -0.1) is 0 Å². The second kappa shape index (κ2) is 8.41. The molecular formula is C18H24N4. The van der Waals surface area contributed by atoms with Crippen molar-refractivity contribution in [1.29, 1.82) is 10.5 Å². The van der Waals surface area contributed by atoms with Gasteiger partial charge in [0, 0.05) is 13.1 Å². The normalized spacial score (nSPS) is 18.4. The number of nitrogens with zero attached hydrogens (tertiary/aromatic N) is 3. The summed E-state index contributed by atoms with van der Waals surface area (Å²) in [6.07, 6.45) is 4.88. The molecule has 1 atom stereocenters. The molecule has 0 aliphatic carbocycles. The second-order valence-electron chi connectivity index (χ2n) is 6.13. The van der Waals surface area contributed by atoms with E-state index < -0.39 is 0 Å². The molecule has 1 aromatic rings. The second-order valence-corrected chi connectivity index (χ2v) is 6.13. The molecule has 0 aromatic heterocycles. The summed E-state index contributed by atoms with van der Waals surface area (Å²) in [5.74, 6) is 0.826. The molecule has 1 aliphatic heterocycles. The van der Waals surface area contributed by atoms with Gasteiger partial charge in [-0.2, -0.15) is 10.5 Å². The summed E-state index contributed by atoms with van der Waals surface area (Å²) in [6, 6.07) is 9.54. The van der Waals surface area contributed by atoms with Crippen LogP contribution in [0.2, 0.25) is 0 Å². The van der Waals surface area contributed by atoms with Crippen LogP contribution in [0.4, 0.5) is 5.69 Å². The Morgan fingerprint density at radius 1 is 1.23 bits per heavy atom. The summed E-state index contributed by atoms with van der Waals surface area (Å²) >= 11 is 0. The molecule has 0 saturated carbocycles. The van der Waals surface area contributed by atoms with Crippen LogP contribution in [0.15, 0.2) is 18.2 Å². The van der Waals surface area contributed by atoms with Gasteiger partial charge in [-0.25, -0.2) is 0 Å². The fraction of sp³-hybridized carbons (Fsp3) is 0.556. The Kier molecular flexibility index (Phi) is 6.25. The van der Waals surface area contributed by atoms with Gasteiger partial charge in [0.15, 0.2) is 0 Å². The molecule has 1 heterocycles. The van der Waals surface area contributed by atoms with Gasteiger partial charge in [0.25, 0.3) is 0 Å². The fourth-order valence-electron chi connectivity index (χ4n) is 3.09. The highest BCUT2D eigenvalue weighted by atomic mass is 15.1. The van der Waals surface area contributed by atoms with Crippen LogP contribution in [-0.2, 0) is 0 Å². The van der Waals surface area contributed by atoms with Gasteiger partial charge >= 0.3 is 0 Å². The van der Waals surface area contributed by atoms with Crippen LogP contribution < -0.4 is 5.32 Å². The molecule has 4 nitrogen and oxygen atoms in total. The van der Waals surface area contributed by atoms with E-state index in [1.165, 1.54) is 25.9 Å². The molecule has 1 N–H and O–H groups in total. The van der Waals surface area contributed by atoms with Gasteiger partial charge in [0.1, 0.15) is 12.1 Å². The minimum Gasteiger partial charge on any atom is -0.383 e. The van der Waals surface area contributed by atoms with E-state index in [1.54, 1.807) is 18.2 Å². The van der Waals surface area contributed by atoms with Crippen molar-refractivity contribution in [2.75, 3.05) is 31.5 Å². The predicted molar refractivity (Wildman–Crippen MR) is 88.4 cm³/mol. The zero-order valence-electron chi connectivity index (χ0n) is 13.3. The molecule has 1 fully saturated rings. The average molecular weight is 296 g/mol. The van der Waals surface area contributed by atoms with Crippen LogP contribution in [0.5, 0.6) is 0 Å². The van der Waals surface area contributed by atoms with Gasteiger partial charge in [-0.1, -0.05) is 13.0 Å². The maximum atomic E-state index is 9.13. The lowest BCUT2D eigenvalue weighted by Gasteiger charge is -2.30. The van der Waals surface area contributed by atoms with E-state index in [4.69, 9.17) is 10.5 Å². The number of anilines is 1. The zero-order chi connectivity index (χ0) is 15.8. The fourth-order valence-corrected chi connectivity index (χ4v) is 3.09. The number of hydrogen-bond donors (Lipinski definition) is 1. The average Bonchev–Trinajstić information content (AvgIpc) is 2.54. The lowest BCUT2D eigenvalue weighted by atomic mass is 10.0. The van der Waals surface area contributed by atoms with Crippen LogP contribution in [0.3, 0.4) is 0 Å². The Morgan fingerprint density at radius 2 is 1.95 bits per heavy atom. The third kappa shape index (κ3) is 4.48. The number of likely N-dealkylation sites (tertiary alicyclic amines) is 1. The van der Waals surface area contributed by atoms with Crippen LogP contribution >= 0.6 is 0 Å². The number of para-hydroxylation sites is 1. The topological polar surface area (TPSA) is 62.9 Å². The summed E-state index contributed by atoms with van der Waals surface area (Å²) in [6.45, 7) is 6.74. The number of rotatable bonds is 6. The van der Waals surface area contributed by atoms with E-state index in [-0.39, 0.29) is 0 Å². The Morgan fingerprint density at radius 3 is 2.59 bits per heavy atom. The summed E-state index contributed by atoms with van der Waals surface area (Å²) < 4.78 is 0. The molecule has 0 bridgehead atoms. The Labute approximate surface area is 133 Å². The van der Waals surface area contributed by atoms with Crippen LogP contribution in [0.25, 0.3) is 0 Å². The van der Waals surface area contributed by atoms with Crippen molar-refractivity contribution >= 4 is 5.69 Å². The maximum absolute atomic E-state index is 9.13. The smallest absolute Gasteiger partial charge is 0.101 e. The first kappa shape index (κ1) is 16.3. The maximum Gasteiger partial charge on any atom is 0.101 e. The third-order valence-electron chi connectivity index (χ3n) is 4.25. The molecule has 0 amide bonds.